The summed E-state index contributed by atoms with van der Waals surface area (Å²) in [4.78, 5) is 25.9. The van der Waals surface area contributed by atoms with E-state index in [1.54, 1.807) is 7.11 Å². The second-order valence-corrected chi connectivity index (χ2v) is 10.0. The lowest BCUT2D eigenvalue weighted by atomic mass is 9.94. The molecule has 2 aromatic carbocycles. The summed E-state index contributed by atoms with van der Waals surface area (Å²) in [6.07, 6.45) is 5.65. The van der Waals surface area contributed by atoms with E-state index >= 15 is 0 Å². The van der Waals surface area contributed by atoms with E-state index in [9.17, 15) is 14.7 Å². The van der Waals surface area contributed by atoms with E-state index in [1.165, 1.54) is 17.7 Å². The smallest absolute Gasteiger partial charge is 0.323 e. The molecule has 2 aromatic rings. The summed E-state index contributed by atoms with van der Waals surface area (Å²) >= 11 is 0. The number of rotatable bonds is 11. The van der Waals surface area contributed by atoms with Crippen LogP contribution in [0.25, 0.3) is 0 Å². The number of nitrogens with one attached hydrogen (secondary N) is 1. The van der Waals surface area contributed by atoms with Crippen LogP contribution >= 0.6 is 0 Å². The third-order valence-electron chi connectivity index (χ3n) is 7.12. The fourth-order valence-corrected chi connectivity index (χ4v) is 5.10. The van der Waals surface area contributed by atoms with Gasteiger partial charge in [0.05, 0.1) is 36.2 Å². The highest BCUT2D eigenvalue weighted by molar-refractivity contribution is 6.02. The van der Waals surface area contributed by atoms with Gasteiger partial charge >= 0.3 is 12.0 Å². The fourth-order valence-electron chi connectivity index (χ4n) is 5.10. The summed E-state index contributed by atoms with van der Waals surface area (Å²) in [6.45, 7) is 2.89. The lowest BCUT2D eigenvalue weighted by Gasteiger charge is -2.33. The monoisotopic (exact) mass is 495 g/mol. The average Bonchev–Trinajstić information content (AvgIpc) is 3.65. The maximum atomic E-state index is 12.8. The minimum absolute atomic E-state index is 0.0796. The number of anilines is 3. The molecular weight excluding hydrogens is 458 g/mol. The summed E-state index contributed by atoms with van der Waals surface area (Å²) in [5, 5.41) is 13.1. The van der Waals surface area contributed by atoms with Crippen LogP contribution in [0.5, 0.6) is 0 Å². The molecule has 3 atom stereocenters. The summed E-state index contributed by atoms with van der Waals surface area (Å²) in [5.74, 6) is -0.477. The number of nitrogens with zero attached hydrogens (tertiary/aromatic N) is 1. The van der Waals surface area contributed by atoms with Gasteiger partial charge in [-0.15, -0.1) is 0 Å². The molecule has 0 radical (unpaired) electrons. The van der Waals surface area contributed by atoms with Crippen LogP contribution in [0, 0.1) is 12.8 Å². The van der Waals surface area contributed by atoms with E-state index in [-0.39, 0.29) is 31.1 Å². The average molecular weight is 496 g/mol. The Bertz CT molecular complexity index is 1070. The van der Waals surface area contributed by atoms with E-state index in [4.69, 9.17) is 15.2 Å². The first-order chi connectivity index (χ1) is 17.4. The molecule has 8 nitrogen and oxygen atoms in total. The number of hydrogen-bond donors (Lipinski definition) is 3. The number of para-hydroxylation sites is 1. The molecule has 2 fully saturated rings. The zero-order valence-corrected chi connectivity index (χ0v) is 21.1. The van der Waals surface area contributed by atoms with Crippen molar-refractivity contribution >= 4 is 29.1 Å². The van der Waals surface area contributed by atoms with E-state index in [1.807, 2.05) is 49.4 Å². The Hall–Kier alpha value is -3.10. The number of amides is 2. The molecule has 2 aliphatic rings. The van der Waals surface area contributed by atoms with Crippen molar-refractivity contribution < 1.29 is 24.2 Å². The number of carbonyl (C=O) groups is 2. The van der Waals surface area contributed by atoms with Crippen molar-refractivity contribution in [3.63, 3.8) is 0 Å². The van der Waals surface area contributed by atoms with Crippen LogP contribution in [0.15, 0.2) is 42.5 Å². The Morgan fingerprint density at radius 1 is 1.19 bits per heavy atom. The topological polar surface area (TPSA) is 114 Å². The van der Waals surface area contributed by atoms with Gasteiger partial charge in [-0.25, -0.2) is 4.79 Å². The van der Waals surface area contributed by atoms with Gasteiger partial charge in [-0.05, 0) is 61.4 Å². The molecule has 194 valence electrons. The highest BCUT2D eigenvalue weighted by atomic mass is 16.5. The van der Waals surface area contributed by atoms with Crippen LogP contribution in [-0.2, 0) is 14.3 Å². The summed E-state index contributed by atoms with van der Waals surface area (Å²) in [6, 6.07) is 12.9. The van der Waals surface area contributed by atoms with Crippen LogP contribution < -0.4 is 16.0 Å². The van der Waals surface area contributed by atoms with Gasteiger partial charge in [0.1, 0.15) is 0 Å². The third kappa shape index (κ3) is 6.56. The minimum Gasteiger partial charge on any atom is -0.481 e. The fraction of sp³-hybridized carbons (Fsp3) is 0.500. The molecule has 1 saturated heterocycles. The standard InChI is InChI=1S/C28H37N3O5/c1-18-5-3-4-6-25(18)31(28(29)34)26-14-20(21(17-35-2)15-27(32)33)9-10-24(26)30-22-11-12-36-23(16-22)13-19-7-8-19/h3-6,9-10,14,19,21-23,30H,7-8,11-13,15-17H2,1-2H3,(H2,29,34)(H,32,33). The number of aryl methyl sites for hydroxylation is 1. The van der Waals surface area contributed by atoms with Gasteiger partial charge in [0.15, 0.2) is 0 Å². The molecule has 4 N–H and O–H groups in total. The first kappa shape index (κ1) is 26.0. The highest BCUT2D eigenvalue weighted by Crippen LogP contribution is 2.39. The largest absolute Gasteiger partial charge is 0.481 e. The maximum Gasteiger partial charge on any atom is 0.323 e. The van der Waals surface area contributed by atoms with Gasteiger partial charge in [-0.1, -0.05) is 37.1 Å². The number of primary amides is 1. The number of carboxylic acids is 1. The van der Waals surface area contributed by atoms with Crippen molar-refractivity contribution in [3.8, 4) is 0 Å². The van der Waals surface area contributed by atoms with Gasteiger partial charge in [-0.2, -0.15) is 0 Å². The molecule has 1 saturated carbocycles. The van der Waals surface area contributed by atoms with Crippen LogP contribution in [-0.4, -0.2) is 49.6 Å². The molecule has 2 amide bonds. The van der Waals surface area contributed by atoms with Gasteiger partial charge < -0.3 is 25.6 Å². The third-order valence-corrected chi connectivity index (χ3v) is 7.12. The Balaban J connectivity index is 1.70. The normalized spacial score (nSPS) is 20.5. The lowest BCUT2D eigenvalue weighted by Crippen LogP contribution is -2.36. The lowest BCUT2D eigenvalue weighted by molar-refractivity contribution is -0.137. The summed E-state index contributed by atoms with van der Waals surface area (Å²) < 4.78 is 11.3. The highest BCUT2D eigenvalue weighted by Gasteiger charge is 2.31. The molecular formula is C28H37N3O5. The van der Waals surface area contributed by atoms with Crippen LogP contribution in [0.4, 0.5) is 21.9 Å². The molecule has 8 heteroatoms. The number of ether oxygens (including phenoxy) is 2. The van der Waals surface area contributed by atoms with Gasteiger partial charge in [0.25, 0.3) is 0 Å². The number of aliphatic carboxylic acids is 1. The number of benzene rings is 2. The minimum atomic E-state index is -0.907. The number of carbonyl (C=O) groups excluding carboxylic acids is 1. The Kier molecular flexibility index (Phi) is 8.48. The molecule has 4 rings (SSSR count). The Labute approximate surface area is 212 Å². The molecule has 1 aliphatic heterocycles. The van der Waals surface area contributed by atoms with E-state index in [0.29, 0.717) is 18.0 Å². The molecule has 0 aromatic heterocycles. The predicted octanol–water partition coefficient (Wildman–Crippen LogP) is 5.18. The quantitative estimate of drug-likeness (QED) is 0.396. The zero-order chi connectivity index (χ0) is 25.7. The van der Waals surface area contributed by atoms with Crippen LogP contribution in [0.3, 0.4) is 0 Å². The Morgan fingerprint density at radius 2 is 1.97 bits per heavy atom. The zero-order valence-electron chi connectivity index (χ0n) is 21.1. The molecule has 1 heterocycles. The first-order valence-corrected chi connectivity index (χ1v) is 12.7. The van der Waals surface area contributed by atoms with Gasteiger partial charge in [0.2, 0.25) is 0 Å². The number of hydrogen-bond acceptors (Lipinski definition) is 5. The first-order valence-electron chi connectivity index (χ1n) is 12.7. The van der Waals surface area contributed by atoms with Crippen LogP contribution in [0.1, 0.15) is 55.6 Å². The molecule has 3 unspecified atom stereocenters. The molecule has 0 bridgehead atoms. The van der Waals surface area contributed by atoms with Crippen molar-refractivity contribution in [2.24, 2.45) is 11.7 Å². The number of carboxylic acid groups (broad SMARTS) is 1. The predicted molar refractivity (Wildman–Crippen MR) is 140 cm³/mol. The number of methoxy groups -OCH3 is 1. The SMILES string of the molecule is COCC(CC(=O)O)c1ccc(NC2CCOC(CC3CC3)C2)c(N(C(N)=O)c2ccccc2C)c1. The number of nitrogens with two attached hydrogens (primary N) is 1. The Morgan fingerprint density at radius 3 is 2.64 bits per heavy atom. The maximum absolute atomic E-state index is 12.8. The van der Waals surface area contributed by atoms with E-state index in [2.05, 4.69) is 5.32 Å². The van der Waals surface area contributed by atoms with E-state index in [0.717, 1.165) is 42.0 Å². The second-order valence-electron chi connectivity index (χ2n) is 10.0. The van der Waals surface area contributed by atoms with Gasteiger partial charge in [0, 0.05) is 25.7 Å². The van der Waals surface area contributed by atoms with Crippen molar-refractivity contribution in [1.29, 1.82) is 0 Å². The summed E-state index contributed by atoms with van der Waals surface area (Å²) in [7, 11) is 1.55. The van der Waals surface area contributed by atoms with Gasteiger partial charge in [-0.3, -0.25) is 9.69 Å². The van der Waals surface area contributed by atoms with Crippen molar-refractivity contribution in [2.75, 3.05) is 30.5 Å². The van der Waals surface area contributed by atoms with Crippen molar-refractivity contribution in [3.05, 3.63) is 53.6 Å². The second kappa shape index (κ2) is 11.8. The molecule has 36 heavy (non-hydrogen) atoms. The summed E-state index contributed by atoms with van der Waals surface area (Å²) in [5.41, 5.74) is 9.69. The van der Waals surface area contributed by atoms with Crippen molar-refractivity contribution in [2.45, 2.75) is 63.5 Å². The molecule has 1 aliphatic carbocycles. The number of urea groups is 1. The van der Waals surface area contributed by atoms with Crippen LogP contribution in [0.2, 0.25) is 0 Å². The van der Waals surface area contributed by atoms with E-state index < -0.39 is 12.0 Å². The van der Waals surface area contributed by atoms with Crippen molar-refractivity contribution in [1.82, 2.24) is 0 Å². The molecule has 0 spiro atoms.